The molecule has 0 fully saturated rings. The molecule has 0 bridgehead atoms. The third kappa shape index (κ3) is 10.2. The molecule has 5 unspecified atom stereocenters. The van der Waals surface area contributed by atoms with E-state index in [1.54, 1.807) is 11.6 Å². The molecule has 1 heteroatoms. The summed E-state index contributed by atoms with van der Waals surface area (Å²) in [5.74, 6) is 3.64. The number of hydrogen-bond donors (Lipinski definition) is 0. The summed E-state index contributed by atoms with van der Waals surface area (Å²) in [6, 6.07) is 5.81. The summed E-state index contributed by atoms with van der Waals surface area (Å²) in [7, 11) is 0. The van der Waals surface area contributed by atoms with Crippen molar-refractivity contribution in [2.45, 2.75) is 122 Å². The zero-order valence-corrected chi connectivity index (χ0v) is 24.0. The monoisotopic (exact) mass is 448 g/mol. The van der Waals surface area contributed by atoms with Gasteiger partial charge in [0.05, 0.1) is 0 Å². The average Bonchev–Trinajstić information content (AvgIpc) is 2.79. The Morgan fingerprint density at radius 3 is 1.97 bits per heavy atom. The topological polar surface area (TPSA) is 0 Å². The largest absolute Gasteiger partial charge is 0.207 e. The van der Waals surface area contributed by atoms with Gasteiger partial charge in [-0.3, -0.25) is 0 Å². The first-order valence-electron chi connectivity index (χ1n) is 13.6. The summed E-state index contributed by atoms with van der Waals surface area (Å²) < 4.78 is 14.1. The van der Waals surface area contributed by atoms with Gasteiger partial charge in [-0.1, -0.05) is 113 Å². The molecule has 0 N–H and O–H groups in total. The maximum atomic E-state index is 14.1. The van der Waals surface area contributed by atoms with Gasteiger partial charge in [0.15, 0.2) is 0 Å². The first kappa shape index (κ1) is 33.1. The molecule has 0 nitrogen and oxygen atoms in total. The molecule has 32 heavy (non-hydrogen) atoms. The lowest BCUT2D eigenvalue weighted by Gasteiger charge is -2.41. The van der Waals surface area contributed by atoms with Crippen molar-refractivity contribution in [1.29, 1.82) is 0 Å². The van der Waals surface area contributed by atoms with Crippen LogP contribution < -0.4 is 0 Å². The number of allylic oxidation sites excluding steroid dienone is 2. The highest BCUT2D eigenvalue weighted by molar-refractivity contribution is 5.26. The smallest absolute Gasteiger partial charge is 0.126 e. The third-order valence-electron chi connectivity index (χ3n) is 6.92. The van der Waals surface area contributed by atoms with E-state index in [1.807, 2.05) is 40.7 Å². The van der Waals surface area contributed by atoms with Gasteiger partial charge in [-0.25, -0.2) is 4.39 Å². The molecule has 0 spiro atoms. The predicted molar refractivity (Wildman–Crippen MR) is 146 cm³/mol. The van der Waals surface area contributed by atoms with Gasteiger partial charge >= 0.3 is 0 Å². The normalized spacial score (nSPS) is 22.4. The molecule has 0 radical (unpaired) electrons. The van der Waals surface area contributed by atoms with Crippen molar-refractivity contribution in [2.75, 3.05) is 0 Å². The molecule has 0 amide bonds. The molecule has 1 aliphatic carbocycles. The van der Waals surface area contributed by atoms with Crippen LogP contribution in [0.3, 0.4) is 0 Å². The van der Waals surface area contributed by atoms with Crippen molar-refractivity contribution in [2.24, 2.45) is 29.6 Å². The maximum absolute atomic E-state index is 14.1. The molecule has 0 aromatic heterocycles. The van der Waals surface area contributed by atoms with Crippen LogP contribution in [0.1, 0.15) is 126 Å². The molecule has 188 valence electrons. The Kier molecular flexibility index (Phi) is 18.9. The van der Waals surface area contributed by atoms with Crippen molar-refractivity contribution in [1.82, 2.24) is 0 Å². The first-order valence-corrected chi connectivity index (χ1v) is 13.6. The molecular formula is C31H57F. The lowest BCUT2D eigenvalue weighted by molar-refractivity contribution is 0.163. The van der Waals surface area contributed by atoms with Gasteiger partial charge in [0.2, 0.25) is 0 Å². The molecule has 0 saturated carbocycles. The van der Waals surface area contributed by atoms with Crippen molar-refractivity contribution in [3.63, 3.8) is 0 Å². The quantitative estimate of drug-likeness (QED) is 0.379. The lowest BCUT2D eigenvalue weighted by Crippen LogP contribution is -2.32. The second-order valence-corrected chi connectivity index (χ2v) is 9.42. The lowest BCUT2D eigenvalue weighted by atomic mass is 9.64. The van der Waals surface area contributed by atoms with E-state index >= 15 is 0 Å². The zero-order valence-electron chi connectivity index (χ0n) is 24.0. The van der Waals surface area contributed by atoms with Gasteiger partial charge in [-0.2, -0.15) is 0 Å². The highest BCUT2D eigenvalue weighted by Crippen LogP contribution is 2.44. The number of hydrogen-bond acceptors (Lipinski definition) is 0. The first-order chi connectivity index (χ1) is 15.2. The van der Waals surface area contributed by atoms with Gasteiger partial charge in [-0.05, 0) is 79.4 Å². The van der Waals surface area contributed by atoms with E-state index in [0.717, 1.165) is 17.0 Å². The van der Waals surface area contributed by atoms with Crippen molar-refractivity contribution >= 4 is 0 Å². The molecule has 6 atom stereocenters. The van der Waals surface area contributed by atoms with Gasteiger partial charge in [-0.15, -0.1) is 0 Å². The Hall–Kier alpha value is -1.11. The van der Waals surface area contributed by atoms with E-state index in [4.69, 9.17) is 0 Å². The van der Waals surface area contributed by atoms with E-state index in [2.05, 4.69) is 67.5 Å². The summed E-state index contributed by atoms with van der Waals surface area (Å²) in [4.78, 5) is 0. The van der Waals surface area contributed by atoms with Crippen LogP contribution in [0.5, 0.6) is 0 Å². The van der Waals surface area contributed by atoms with Crippen LogP contribution in [-0.2, 0) is 0 Å². The minimum Gasteiger partial charge on any atom is -0.207 e. The zero-order chi connectivity index (χ0) is 25.4. The fraction of sp³-hybridized carbons (Fsp3) is 0.742. The summed E-state index contributed by atoms with van der Waals surface area (Å²) >= 11 is 0. The maximum Gasteiger partial charge on any atom is 0.126 e. The van der Waals surface area contributed by atoms with Crippen molar-refractivity contribution in [3.05, 3.63) is 46.8 Å². The summed E-state index contributed by atoms with van der Waals surface area (Å²) in [5, 5.41) is 0. The van der Waals surface area contributed by atoms with Crippen molar-refractivity contribution < 1.29 is 4.39 Å². The van der Waals surface area contributed by atoms with Gasteiger partial charge in [0.25, 0.3) is 0 Å². The molecule has 0 saturated heterocycles. The van der Waals surface area contributed by atoms with E-state index in [1.165, 1.54) is 25.7 Å². The number of rotatable bonds is 6. The van der Waals surface area contributed by atoms with Crippen molar-refractivity contribution in [3.8, 4) is 0 Å². The van der Waals surface area contributed by atoms with Crippen LogP contribution in [0.2, 0.25) is 0 Å². The summed E-state index contributed by atoms with van der Waals surface area (Å²) in [6.07, 6.45) is 7.59. The van der Waals surface area contributed by atoms with E-state index in [9.17, 15) is 4.39 Å². The minimum absolute atomic E-state index is 0.0702. The molecule has 2 rings (SSSR count). The molecule has 1 aromatic rings. The Morgan fingerprint density at radius 2 is 1.50 bits per heavy atom. The van der Waals surface area contributed by atoms with Gasteiger partial charge in [0.1, 0.15) is 5.82 Å². The molecular weight excluding hydrogens is 391 g/mol. The molecule has 1 aromatic carbocycles. The van der Waals surface area contributed by atoms with Gasteiger partial charge < -0.3 is 0 Å². The Bertz CT molecular complexity index is 615. The second-order valence-electron chi connectivity index (χ2n) is 9.42. The standard InChI is InChI=1S/C24H37F.C3H8.2C2H6/c1-8-9-22(23-13-17(4)16(3)12-18(23)5)20(7)19(6)21-11-10-15(2)24(25)14-21;1-3-2;2*1-2/h10-11,13-14,16,18-20,22-23H,8-9,12H2,1-7H3;3H2,1-2H3;2*1-2H3/t16-,18?,19?,20?,22?,23?;;;/m0.../s1. The Balaban J connectivity index is 0. The van der Waals surface area contributed by atoms with Crippen LogP contribution >= 0.6 is 0 Å². The van der Waals surface area contributed by atoms with Crippen LogP contribution in [0.15, 0.2) is 29.8 Å². The average molecular weight is 449 g/mol. The fourth-order valence-corrected chi connectivity index (χ4v) is 4.78. The SMILES string of the molecule is CC.CC.CCC.CCCC(C(C)C(C)c1ccc(C)c(F)c1)C1C=C(C)[C@@H](C)CC1C. The van der Waals surface area contributed by atoms with E-state index in [0.29, 0.717) is 29.6 Å². The van der Waals surface area contributed by atoms with Crippen LogP contribution in [0.4, 0.5) is 4.39 Å². The Morgan fingerprint density at radius 1 is 0.969 bits per heavy atom. The highest BCUT2D eigenvalue weighted by Gasteiger charge is 2.35. The summed E-state index contributed by atoms with van der Waals surface area (Å²) in [5.41, 5.74) is 3.45. The van der Waals surface area contributed by atoms with E-state index in [-0.39, 0.29) is 5.82 Å². The van der Waals surface area contributed by atoms with E-state index < -0.39 is 0 Å². The summed E-state index contributed by atoms with van der Waals surface area (Å²) in [6.45, 7) is 28.1. The number of halogens is 1. The molecule has 1 aliphatic rings. The third-order valence-corrected chi connectivity index (χ3v) is 6.92. The van der Waals surface area contributed by atoms with Crippen LogP contribution in [0, 0.1) is 42.3 Å². The fourth-order valence-electron chi connectivity index (χ4n) is 4.78. The predicted octanol–water partition coefficient (Wildman–Crippen LogP) is 11.0. The minimum atomic E-state index is -0.0702. The number of benzene rings is 1. The molecule has 0 heterocycles. The highest BCUT2D eigenvalue weighted by atomic mass is 19.1. The second kappa shape index (κ2) is 18.3. The van der Waals surface area contributed by atoms with Gasteiger partial charge in [0, 0.05) is 0 Å². The van der Waals surface area contributed by atoms with Crippen LogP contribution in [0.25, 0.3) is 0 Å². The molecule has 0 aliphatic heterocycles. The Labute approximate surface area is 202 Å². The van der Waals surface area contributed by atoms with Crippen LogP contribution in [-0.4, -0.2) is 0 Å². The number of aryl methyl sites for hydroxylation is 1.